The Balaban J connectivity index is 1.83. The fraction of sp³-hybridized carbons (Fsp3) is 0.467. The Kier molecular flexibility index (Phi) is 3.67. The summed E-state index contributed by atoms with van der Waals surface area (Å²) in [5.74, 6) is -0.123. The second kappa shape index (κ2) is 5.53. The number of nitrogens with one attached hydrogen (secondary N) is 1. The molecule has 3 aromatic heterocycles. The van der Waals surface area contributed by atoms with Crippen molar-refractivity contribution >= 4 is 22.6 Å². The summed E-state index contributed by atoms with van der Waals surface area (Å²) in [4.78, 5) is 12.5. The number of anilines is 1. The quantitative estimate of drug-likeness (QED) is 0.796. The number of hydrogen-bond acceptors (Lipinski definition) is 4. The third kappa shape index (κ3) is 2.49. The predicted octanol–water partition coefficient (Wildman–Crippen LogP) is 1.80. The first-order valence-corrected chi connectivity index (χ1v) is 7.64. The van der Waals surface area contributed by atoms with Crippen LogP contribution in [0.3, 0.4) is 0 Å². The standard InChI is InChI=1S/C15H21N7O/c1-6-21-10(3)12(7-16-21)17-15(23)11(4)22-8-13-14(19-22)9(2)18-20(13)5/h7-8,11H,6H2,1-5H3,(H,17,23)/t11-/m0/s1. The Labute approximate surface area is 134 Å². The molecule has 3 rings (SSSR count). The zero-order valence-corrected chi connectivity index (χ0v) is 14.0. The van der Waals surface area contributed by atoms with Gasteiger partial charge in [0.05, 0.1) is 29.5 Å². The molecule has 0 unspecified atom stereocenters. The molecule has 8 nitrogen and oxygen atoms in total. The maximum absolute atomic E-state index is 12.5. The van der Waals surface area contributed by atoms with Crippen LogP contribution in [-0.2, 0) is 18.4 Å². The molecule has 0 bridgehead atoms. The number of aryl methyl sites for hydroxylation is 3. The lowest BCUT2D eigenvalue weighted by Crippen LogP contribution is -2.24. The lowest BCUT2D eigenvalue weighted by Gasteiger charge is -2.12. The number of carbonyl (C=O) groups excluding carboxylic acids is 1. The normalized spacial score (nSPS) is 12.7. The number of nitrogens with zero attached hydrogens (tertiary/aromatic N) is 6. The minimum absolute atomic E-state index is 0.123. The Bertz CT molecular complexity index is 836. The maximum atomic E-state index is 12.5. The van der Waals surface area contributed by atoms with E-state index >= 15 is 0 Å². The zero-order chi connectivity index (χ0) is 16.7. The first kappa shape index (κ1) is 15.3. The van der Waals surface area contributed by atoms with Crippen LogP contribution in [0.2, 0.25) is 0 Å². The molecule has 0 radical (unpaired) electrons. The van der Waals surface area contributed by atoms with Gasteiger partial charge in [0.25, 0.3) is 0 Å². The van der Waals surface area contributed by atoms with Crippen LogP contribution in [0, 0.1) is 13.8 Å². The van der Waals surface area contributed by atoms with Crippen molar-refractivity contribution in [1.29, 1.82) is 0 Å². The maximum Gasteiger partial charge on any atom is 0.249 e. The Morgan fingerprint density at radius 2 is 2.09 bits per heavy atom. The summed E-state index contributed by atoms with van der Waals surface area (Å²) >= 11 is 0. The SMILES string of the molecule is CCn1ncc(NC(=O)[C@H](C)n2cc3c(n2)c(C)nn3C)c1C. The van der Waals surface area contributed by atoms with E-state index in [1.165, 1.54) is 0 Å². The minimum Gasteiger partial charge on any atom is -0.321 e. The zero-order valence-electron chi connectivity index (χ0n) is 14.0. The van der Waals surface area contributed by atoms with Gasteiger partial charge in [-0.3, -0.25) is 18.8 Å². The first-order valence-electron chi connectivity index (χ1n) is 7.64. The molecule has 0 aromatic carbocycles. The Hall–Kier alpha value is -2.64. The van der Waals surface area contributed by atoms with Crippen LogP contribution < -0.4 is 5.32 Å². The number of rotatable bonds is 4. The van der Waals surface area contributed by atoms with Crippen molar-refractivity contribution in [3.63, 3.8) is 0 Å². The van der Waals surface area contributed by atoms with E-state index in [1.807, 2.05) is 45.6 Å². The highest BCUT2D eigenvalue weighted by molar-refractivity contribution is 5.94. The lowest BCUT2D eigenvalue weighted by molar-refractivity contribution is -0.119. The van der Waals surface area contributed by atoms with Crippen molar-refractivity contribution < 1.29 is 4.79 Å². The second-order valence-corrected chi connectivity index (χ2v) is 5.68. The van der Waals surface area contributed by atoms with Gasteiger partial charge in [0.2, 0.25) is 5.91 Å². The van der Waals surface area contributed by atoms with E-state index in [4.69, 9.17) is 0 Å². The summed E-state index contributed by atoms with van der Waals surface area (Å²) < 4.78 is 5.29. The summed E-state index contributed by atoms with van der Waals surface area (Å²) in [5, 5.41) is 16.0. The van der Waals surface area contributed by atoms with Gasteiger partial charge < -0.3 is 5.32 Å². The fourth-order valence-electron chi connectivity index (χ4n) is 2.65. The molecular formula is C15H21N7O. The minimum atomic E-state index is -0.425. The average molecular weight is 315 g/mol. The van der Waals surface area contributed by atoms with Crippen molar-refractivity contribution in [2.45, 2.75) is 40.3 Å². The van der Waals surface area contributed by atoms with Crippen LogP contribution in [0.15, 0.2) is 12.4 Å². The van der Waals surface area contributed by atoms with Crippen molar-refractivity contribution in [3.8, 4) is 0 Å². The van der Waals surface area contributed by atoms with Gasteiger partial charge in [0, 0.05) is 13.6 Å². The highest BCUT2D eigenvalue weighted by atomic mass is 16.2. The van der Waals surface area contributed by atoms with Crippen LogP contribution >= 0.6 is 0 Å². The van der Waals surface area contributed by atoms with Crippen LogP contribution in [0.4, 0.5) is 5.69 Å². The molecule has 0 aliphatic heterocycles. The molecule has 3 heterocycles. The van der Waals surface area contributed by atoms with E-state index in [0.717, 1.165) is 34.7 Å². The third-order valence-electron chi connectivity index (χ3n) is 4.14. The highest BCUT2D eigenvalue weighted by Gasteiger charge is 2.20. The molecule has 1 N–H and O–H groups in total. The molecule has 3 aromatic rings. The van der Waals surface area contributed by atoms with Crippen molar-refractivity contribution in [3.05, 3.63) is 23.8 Å². The number of fused-ring (bicyclic) bond motifs is 1. The molecule has 23 heavy (non-hydrogen) atoms. The third-order valence-corrected chi connectivity index (χ3v) is 4.14. The number of amides is 1. The molecule has 1 atom stereocenters. The van der Waals surface area contributed by atoms with Gasteiger partial charge >= 0.3 is 0 Å². The molecule has 0 saturated carbocycles. The number of hydrogen-bond donors (Lipinski definition) is 1. The second-order valence-electron chi connectivity index (χ2n) is 5.68. The van der Waals surface area contributed by atoms with Gasteiger partial charge in [-0.15, -0.1) is 0 Å². The van der Waals surface area contributed by atoms with E-state index in [1.54, 1.807) is 15.6 Å². The molecule has 0 aliphatic carbocycles. The van der Waals surface area contributed by atoms with E-state index in [-0.39, 0.29) is 5.91 Å². The van der Waals surface area contributed by atoms with Crippen molar-refractivity contribution in [2.24, 2.45) is 7.05 Å². The van der Waals surface area contributed by atoms with Gasteiger partial charge in [-0.2, -0.15) is 15.3 Å². The predicted molar refractivity (Wildman–Crippen MR) is 87.2 cm³/mol. The fourth-order valence-corrected chi connectivity index (χ4v) is 2.65. The van der Waals surface area contributed by atoms with Gasteiger partial charge in [-0.1, -0.05) is 0 Å². The van der Waals surface area contributed by atoms with E-state index in [0.29, 0.717) is 0 Å². The molecule has 0 fully saturated rings. The smallest absolute Gasteiger partial charge is 0.249 e. The lowest BCUT2D eigenvalue weighted by atomic mass is 10.3. The van der Waals surface area contributed by atoms with E-state index in [9.17, 15) is 4.79 Å². The summed E-state index contributed by atoms with van der Waals surface area (Å²) in [7, 11) is 1.87. The summed E-state index contributed by atoms with van der Waals surface area (Å²) in [6.45, 7) is 8.46. The van der Waals surface area contributed by atoms with Crippen LogP contribution in [0.1, 0.15) is 31.3 Å². The average Bonchev–Trinajstić information content (AvgIpc) is 3.17. The molecule has 0 saturated heterocycles. The van der Waals surface area contributed by atoms with Crippen LogP contribution in [-0.4, -0.2) is 35.2 Å². The summed E-state index contributed by atoms with van der Waals surface area (Å²) in [6, 6.07) is -0.425. The van der Waals surface area contributed by atoms with Crippen molar-refractivity contribution in [1.82, 2.24) is 29.3 Å². The van der Waals surface area contributed by atoms with Crippen molar-refractivity contribution in [2.75, 3.05) is 5.32 Å². The van der Waals surface area contributed by atoms with Crippen LogP contribution in [0.25, 0.3) is 11.0 Å². The molecule has 122 valence electrons. The highest BCUT2D eigenvalue weighted by Crippen LogP contribution is 2.20. The monoisotopic (exact) mass is 315 g/mol. The summed E-state index contributed by atoms with van der Waals surface area (Å²) in [6.07, 6.45) is 3.53. The first-order chi connectivity index (χ1) is 10.9. The molecule has 8 heteroatoms. The molecular weight excluding hydrogens is 294 g/mol. The number of carbonyl (C=O) groups is 1. The Morgan fingerprint density at radius 1 is 1.35 bits per heavy atom. The van der Waals surface area contributed by atoms with E-state index < -0.39 is 6.04 Å². The van der Waals surface area contributed by atoms with Gasteiger partial charge in [-0.25, -0.2) is 0 Å². The summed E-state index contributed by atoms with van der Waals surface area (Å²) in [5.41, 5.74) is 4.27. The van der Waals surface area contributed by atoms with Crippen LogP contribution in [0.5, 0.6) is 0 Å². The van der Waals surface area contributed by atoms with E-state index in [2.05, 4.69) is 20.6 Å². The van der Waals surface area contributed by atoms with Gasteiger partial charge in [0.15, 0.2) is 0 Å². The largest absolute Gasteiger partial charge is 0.321 e. The molecule has 0 aliphatic rings. The van der Waals surface area contributed by atoms with Gasteiger partial charge in [0.1, 0.15) is 17.1 Å². The topological polar surface area (TPSA) is 82.6 Å². The Morgan fingerprint density at radius 3 is 2.70 bits per heavy atom. The number of aromatic nitrogens is 6. The van der Waals surface area contributed by atoms with Gasteiger partial charge in [-0.05, 0) is 27.7 Å². The molecule has 1 amide bonds. The molecule has 0 spiro atoms.